The van der Waals surface area contributed by atoms with Crippen molar-refractivity contribution >= 4 is 5.88 Å². The van der Waals surface area contributed by atoms with Crippen LogP contribution in [0.25, 0.3) is 11.3 Å². The molecule has 0 unspecified atom stereocenters. The minimum atomic E-state index is -0.622. The molecule has 2 heterocycles. The fraction of sp³-hybridized carbons (Fsp3) is 0.182. The van der Waals surface area contributed by atoms with Crippen molar-refractivity contribution in [3.05, 3.63) is 35.4 Å². The number of hydrogen-bond acceptors (Lipinski definition) is 3. The summed E-state index contributed by atoms with van der Waals surface area (Å²) in [4.78, 5) is 0. The Hall–Kier alpha value is -1.91. The maximum absolute atomic E-state index is 13.5. The van der Waals surface area contributed by atoms with Crippen LogP contribution in [-0.4, -0.2) is 11.7 Å². The summed E-state index contributed by atoms with van der Waals surface area (Å²) in [5.41, 5.74) is 1.58. The molecule has 1 aliphatic heterocycles. The number of fused-ring (bicyclic) bond motifs is 1. The van der Waals surface area contributed by atoms with Crippen molar-refractivity contribution in [3.8, 4) is 11.3 Å². The second-order valence-corrected chi connectivity index (χ2v) is 3.64. The van der Waals surface area contributed by atoms with Crippen LogP contribution in [0.15, 0.2) is 22.7 Å². The van der Waals surface area contributed by atoms with E-state index in [4.69, 9.17) is 4.52 Å². The zero-order chi connectivity index (χ0) is 11.1. The molecule has 1 aromatic heterocycles. The number of nitrogens with zero attached hydrogens (tertiary/aromatic N) is 1. The summed E-state index contributed by atoms with van der Waals surface area (Å²) >= 11 is 0. The van der Waals surface area contributed by atoms with Crippen LogP contribution >= 0.6 is 0 Å². The van der Waals surface area contributed by atoms with E-state index in [9.17, 15) is 8.78 Å². The highest BCUT2D eigenvalue weighted by Gasteiger charge is 2.23. The molecule has 1 N–H and O–H groups in total. The Kier molecular flexibility index (Phi) is 1.92. The number of aromatic nitrogens is 1. The van der Waals surface area contributed by atoms with E-state index < -0.39 is 11.6 Å². The van der Waals surface area contributed by atoms with Crippen molar-refractivity contribution in [2.75, 3.05) is 11.9 Å². The fourth-order valence-corrected chi connectivity index (χ4v) is 1.87. The predicted molar refractivity (Wildman–Crippen MR) is 54.0 cm³/mol. The molecule has 0 saturated heterocycles. The van der Waals surface area contributed by atoms with E-state index in [-0.39, 0.29) is 5.56 Å². The smallest absolute Gasteiger partial charge is 0.228 e. The number of nitrogens with one attached hydrogen (secondary N) is 1. The van der Waals surface area contributed by atoms with Crippen LogP contribution in [-0.2, 0) is 6.42 Å². The van der Waals surface area contributed by atoms with Gasteiger partial charge in [0.15, 0.2) is 0 Å². The van der Waals surface area contributed by atoms with E-state index in [0.29, 0.717) is 11.6 Å². The molecule has 0 radical (unpaired) electrons. The summed E-state index contributed by atoms with van der Waals surface area (Å²) < 4.78 is 31.3. The third-order valence-electron chi connectivity index (χ3n) is 2.63. The zero-order valence-corrected chi connectivity index (χ0v) is 8.26. The lowest BCUT2D eigenvalue weighted by molar-refractivity contribution is 0.436. The molecule has 5 heteroatoms. The minimum Gasteiger partial charge on any atom is -0.353 e. The molecule has 82 valence electrons. The summed E-state index contributed by atoms with van der Waals surface area (Å²) in [7, 11) is 0. The van der Waals surface area contributed by atoms with Crippen LogP contribution in [0.1, 0.15) is 5.56 Å². The SMILES string of the molecule is Fc1ccc(-c2noc3c2CCN3)c(F)c1. The lowest BCUT2D eigenvalue weighted by Crippen LogP contribution is -1.93. The summed E-state index contributed by atoms with van der Waals surface area (Å²) in [6, 6.07) is 3.43. The van der Waals surface area contributed by atoms with Gasteiger partial charge in [-0.1, -0.05) is 5.16 Å². The van der Waals surface area contributed by atoms with Gasteiger partial charge in [-0.3, -0.25) is 0 Å². The van der Waals surface area contributed by atoms with Crippen LogP contribution < -0.4 is 5.32 Å². The van der Waals surface area contributed by atoms with Crippen molar-refractivity contribution in [2.24, 2.45) is 0 Å². The molecule has 3 nitrogen and oxygen atoms in total. The molecule has 1 aromatic carbocycles. The molecule has 0 amide bonds. The third kappa shape index (κ3) is 1.28. The van der Waals surface area contributed by atoms with Gasteiger partial charge in [-0.2, -0.15) is 0 Å². The molecule has 0 spiro atoms. The number of anilines is 1. The van der Waals surface area contributed by atoms with E-state index in [0.717, 1.165) is 24.6 Å². The zero-order valence-electron chi connectivity index (χ0n) is 8.26. The second kappa shape index (κ2) is 3.30. The number of hydrogen-bond donors (Lipinski definition) is 1. The van der Waals surface area contributed by atoms with Crippen molar-refractivity contribution in [1.82, 2.24) is 5.16 Å². The van der Waals surface area contributed by atoms with Crippen LogP contribution in [0.5, 0.6) is 0 Å². The van der Waals surface area contributed by atoms with Crippen molar-refractivity contribution in [3.63, 3.8) is 0 Å². The van der Waals surface area contributed by atoms with Crippen molar-refractivity contribution in [2.45, 2.75) is 6.42 Å². The first-order valence-electron chi connectivity index (χ1n) is 4.93. The number of rotatable bonds is 1. The summed E-state index contributed by atoms with van der Waals surface area (Å²) in [6.45, 7) is 0.756. The molecule has 16 heavy (non-hydrogen) atoms. The highest BCUT2D eigenvalue weighted by Crippen LogP contribution is 2.33. The molecule has 3 rings (SSSR count). The van der Waals surface area contributed by atoms with E-state index in [1.165, 1.54) is 12.1 Å². The molecule has 0 atom stereocenters. The Morgan fingerprint density at radius 1 is 1.31 bits per heavy atom. The maximum atomic E-state index is 13.5. The Morgan fingerprint density at radius 2 is 2.19 bits per heavy atom. The largest absolute Gasteiger partial charge is 0.353 e. The Labute approximate surface area is 90.1 Å². The average Bonchev–Trinajstić information content (AvgIpc) is 2.80. The fourth-order valence-electron chi connectivity index (χ4n) is 1.87. The number of halogens is 2. The normalized spacial score (nSPS) is 13.6. The average molecular weight is 222 g/mol. The maximum Gasteiger partial charge on any atom is 0.228 e. The van der Waals surface area contributed by atoms with Gasteiger partial charge in [0.2, 0.25) is 5.88 Å². The van der Waals surface area contributed by atoms with Gasteiger partial charge in [-0.05, 0) is 18.6 Å². The van der Waals surface area contributed by atoms with Gasteiger partial charge in [0, 0.05) is 23.7 Å². The van der Waals surface area contributed by atoms with Crippen LogP contribution in [0, 0.1) is 11.6 Å². The van der Waals surface area contributed by atoms with E-state index in [2.05, 4.69) is 10.5 Å². The Balaban J connectivity index is 2.15. The third-order valence-corrected chi connectivity index (χ3v) is 2.63. The molecule has 0 bridgehead atoms. The Morgan fingerprint density at radius 3 is 3.00 bits per heavy atom. The molecule has 1 aliphatic rings. The van der Waals surface area contributed by atoms with Crippen molar-refractivity contribution < 1.29 is 13.3 Å². The summed E-state index contributed by atoms with van der Waals surface area (Å²) in [5, 5.41) is 6.79. The lowest BCUT2D eigenvalue weighted by Gasteiger charge is -2.00. The van der Waals surface area contributed by atoms with Crippen molar-refractivity contribution in [1.29, 1.82) is 0 Å². The minimum absolute atomic E-state index is 0.273. The van der Waals surface area contributed by atoms with E-state index in [1.807, 2.05) is 0 Å². The molecule has 0 aliphatic carbocycles. The van der Waals surface area contributed by atoms with Crippen LogP contribution in [0.4, 0.5) is 14.7 Å². The first-order chi connectivity index (χ1) is 7.75. The summed E-state index contributed by atoms with van der Waals surface area (Å²) in [5.74, 6) is -0.638. The van der Waals surface area contributed by atoms with Crippen LogP contribution in [0.2, 0.25) is 0 Å². The van der Waals surface area contributed by atoms with Gasteiger partial charge in [0.1, 0.15) is 17.3 Å². The van der Waals surface area contributed by atoms with Gasteiger partial charge in [0.05, 0.1) is 0 Å². The molecule has 0 saturated carbocycles. The van der Waals surface area contributed by atoms with Gasteiger partial charge in [0.25, 0.3) is 0 Å². The van der Waals surface area contributed by atoms with Gasteiger partial charge < -0.3 is 9.84 Å². The predicted octanol–water partition coefficient (Wildman–Crippen LogP) is 2.59. The van der Waals surface area contributed by atoms with Gasteiger partial charge in [-0.15, -0.1) is 0 Å². The standard InChI is InChI=1S/C11H8F2N2O/c12-6-1-2-7(9(13)5-6)10-8-3-4-14-11(8)16-15-10/h1-2,5,14H,3-4H2. The topological polar surface area (TPSA) is 38.1 Å². The summed E-state index contributed by atoms with van der Waals surface area (Å²) in [6.07, 6.45) is 0.741. The van der Waals surface area contributed by atoms with Gasteiger partial charge in [-0.25, -0.2) is 8.78 Å². The van der Waals surface area contributed by atoms with E-state index in [1.54, 1.807) is 0 Å². The molecular formula is C11H8F2N2O. The first kappa shape index (κ1) is 9.33. The number of benzene rings is 1. The Bertz CT molecular complexity index is 551. The molecule has 0 fully saturated rings. The van der Waals surface area contributed by atoms with Crippen LogP contribution in [0.3, 0.4) is 0 Å². The second-order valence-electron chi connectivity index (χ2n) is 3.64. The highest BCUT2D eigenvalue weighted by molar-refractivity contribution is 5.69. The first-order valence-corrected chi connectivity index (χ1v) is 4.93. The quantitative estimate of drug-likeness (QED) is 0.805. The van der Waals surface area contributed by atoms with E-state index >= 15 is 0 Å². The highest BCUT2D eigenvalue weighted by atomic mass is 19.1. The molecule has 2 aromatic rings. The molecular weight excluding hydrogens is 214 g/mol. The lowest BCUT2D eigenvalue weighted by atomic mass is 10.1. The monoisotopic (exact) mass is 222 g/mol. The van der Waals surface area contributed by atoms with Gasteiger partial charge >= 0.3 is 0 Å².